The van der Waals surface area contributed by atoms with E-state index in [-0.39, 0.29) is 6.04 Å². The van der Waals surface area contributed by atoms with Gasteiger partial charge in [-0.2, -0.15) is 0 Å². The number of rotatable bonds is 7. The van der Waals surface area contributed by atoms with Crippen LogP contribution in [0.5, 0.6) is 0 Å². The highest BCUT2D eigenvalue weighted by Crippen LogP contribution is 2.13. The van der Waals surface area contributed by atoms with E-state index in [1.807, 2.05) is 0 Å². The van der Waals surface area contributed by atoms with Gasteiger partial charge < -0.3 is 5.73 Å². The van der Waals surface area contributed by atoms with E-state index >= 15 is 0 Å². The summed E-state index contributed by atoms with van der Waals surface area (Å²) in [5, 5.41) is 0. The zero-order valence-electron chi connectivity index (χ0n) is 9.47. The molecule has 0 amide bonds. The van der Waals surface area contributed by atoms with Gasteiger partial charge >= 0.3 is 0 Å². The third-order valence-corrected chi connectivity index (χ3v) is 2.21. The molecular formula is C12H25N. The number of hydrogen-bond acceptors (Lipinski definition) is 1. The Balaban J connectivity index is 3.98. The summed E-state index contributed by atoms with van der Waals surface area (Å²) < 4.78 is 0. The summed E-state index contributed by atoms with van der Waals surface area (Å²) in [5.74, 6) is 0. The van der Waals surface area contributed by atoms with Crippen molar-refractivity contribution in [2.45, 2.75) is 65.3 Å². The Kier molecular flexibility index (Phi) is 8.11. The van der Waals surface area contributed by atoms with Crippen LogP contribution in [-0.4, -0.2) is 6.04 Å². The zero-order valence-corrected chi connectivity index (χ0v) is 9.47. The fraction of sp³-hybridized carbons (Fsp3) is 0.833. The van der Waals surface area contributed by atoms with E-state index in [2.05, 4.69) is 26.8 Å². The van der Waals surface area contributed by atoms with E-state index in [1.54, 1.807) is 5.57 Å². The molecule has 2 N–H and O–H groups in total. The first-order valence-corrected chi connectivity index (χ1v) is 5.69. The Morgan fingerprint density at radius 2 is 1.62 bits per heavy atom. The molecule has 0 saturated heterocycles. The first kappa shape index (κ1) is 12.7. The van der Waals surface area contributed by atoms with Crippen LogP contribution in [-0.2, 0) is 0 Å². The first-order valence-electron chi connectivity index (χ1n) is 5.69. The summed E-state index contributed by atoms with van der Waals surface area (Å²) >= 11 is 0. The number of allylic oxidation sites excluding steroid dienone is 1. The van der Waals surface area contributed by atoms with Crippen molar-refractivity contribution in [1.82, 2.24) is 0 Å². The molecule has 0 saturated carbocycles. The summed E-state index contributed by atoms with van der Waals surface area (Å²) in [6.45, 7) is 6.65. The average molecular weight is 183 g/mol. The number of nitrogens with two attached hydrogens (primary N) is 1. The Morgan fingerprint density at radius 3 is 2.00 bits per heavy atom. The SMILES string of the molecule is CCCC(=CC(N)CCC)CCC. The van der Waals surface area contributed by atoms with Crippen LogP contribution in [0.1, 0.15) is 59.3 Å². The maximum atomic E-state index is 5.97. The Morgan fingerprint density at radius 1 is 1.08 bits per heavy atom. The number of hydrogen-bond donors (Lipinski definition) is 1. The molecule has 0 radical (unpaired) electrons. The molecule has 0 aliphatic carbocycles. The van der Waals surface area contributed by atoms with Crippen molar-refractivity contribution in [2.24, 2.45) is 5.73 Å². The molecule has 0 rings (SSSR count). The summed E-state index contributed by atoms with van der Waals surface area (Å²) in [4.78, 5) is 0. The van der Waals surface area contributed by atoms with Crippen LogP contribution in [0.3, 0.4) is 0 Å². The molecule has 0 aromatic heterocycles. The van der Waals surface area contributed by atoms with Gasteiger partial charge in [-0.15, -0.1) is 0 Å². The molecule has 78 valence electrons. The lowest BCUT2D eigenvalue weighted by atomic mass is 10.0. The van der Waals surface area contributed by atoms with Crippen molar-refractivity contribution in [2.75, 3.05) is 0 Å². The predicted molar refractivity (Wildman–Crippen MR) is 60.8 cm³/mol. The molecule has 1 nitrogen and oxygen atoms in total. The first-order chi connectivity index (χ1) is 6.24. The van der Waals surface area contributed by atoms with E-state index in [4.69, 9.17) is 5.73 Å². The highest BCUT2D eigenvalue weighted by molar-refractivity contribution is 5.06. The molecule has 0 bridgehead atoms. The van der Waals surface area contributed by atoms with Crippen molar-refractivity contribution >= 4 is 0 Å². The van der Waals surface area contributed by atoms with Gasteiger partial charge in [-0.25, -0.2) is 0 Å². The van der Waals surface area contributed by atoms with Gasteiger partial charge in [0.1, 0.15) is 0 Å². The molecule has 0 spiro atoms. The van der Waals surface area contributed by atoms with Gasteiger partial charge in [-0.3, -0.25) is 0 Å². The molecule has 13 heavy (non-hydrogen) atoms. The molecule has 1 unspecified atom stereocenters. The van der Waals surface area contributed by atoms with Crippen molar-refractivity contribution < 1.29 is 0 Å². The van der Waals surface area contributed by atoms with Gasteiger partial charge in [0, 0.05) is 6.04 Å². The Labute approximate surface area is 83.4 Å². The largest absolute Gasteiger partial charge is 0.324 e. The lowest BCUT2D eigenvalue weighted by molar-refractivity contribution is 0.686. The second kappa shape index (κ2) is 8.31. The van der Waals surface area contributed by atoms with E-state index in [1.165, 1.54) is 32.1 Å². The van der Waals surface area contributed by atoms with Crippen molar-refractivity contribution in [3.05, 3.63) is 11.6 Å². The quantitative estimate of drug-likeness (QED) is 0.599. The minimum atomic E-state index is 0.290. The molecular weight excluding hydrogens is 158 g/mol. The molecule has 0 aromatic carbocycles. The van der Waals surface area contributed by atoms with E-state index in [0.29, 0.717) is 0 Å². The molecule has 1 heteroatoms. The highest BCUT2D eigenvalue weighted by Gasteiger charge is 2.00. The van der Waals surface area contributed by atoms with Crippen LogP contribution in [0.15, 0.2) is 11.6 Å². The maximum absolute atomic E-state index is 5.97. The normalized spacial score (nSPS) is 12.6. The monoisotopic (exact) mass is 183 g/mol. The minimum absolute atomic E-state index is 0.290. The fourth-order valence-electron chi connectivity index (χ4n) is 1.65. The van der Waals surface area contributed by atoms with Gasteiger partial charge in [0.2, 0.25) is 0 Å². The Hall–Kier alpha value is -0.300. The van der Waals surface area contributed by atoms with Crippen LogP contribution < -0.4 is 5.73 Å². The molecule has 0 heterocycles. The van der Waals surface area contributed by atoms with Gasteiger partial charge in [0.25, 0.3) is 0 Å². The molecule has 1 atom stereocenters. The second-order valence-corrected chi connectivity index (χ2v) is 3.78. The lowest BCUT2D eigenvalue weighted by Gasteiger charge is -2.09. The van der Waals surface area contributed by atoms with E-state index < -0.39 is 0 Å². The average Bonchev–Trinajstić information content (AvgIpc) is 2.05. The van der Waals surface area contributed by atoms with Crippen LogP contribution in [0.25, 0.3) is 0 Å². The molecule has 0 aromatic rings. The standard InChI is InChI=1S/C12H25N/c1-4-7-11(8-5-2)10-12(13)9-6-3/h10,12H,4-9,13H2,1-3H3. The van der Waals surface area contributed by atoms with Crippen LogP contribution >= 0.6 is 0 Å². The van der Waals surface area contributed by atoms with Gasteiger partial charge in [0.15, 0.2) is 0 Å². The third-order valence-electron chi connectivity index (χ3n) is 2.21. The maximum Gasteiger partial charge on any atom is 0.0226 e. The van der Waals surface area contributed by atoms with Crippen LogP contribution in [0.4, 0.5) is 0 Å². The van der Waals surface area contributed by atoms with E-state index in [9.17, 15) is 0 Å². The van der Waals surface area contributed by atoms with Crippen LogP contribution in [0.2, 0.25) is 0 Å². The summed E-state index contributed by atoms with van der Waals surface area (Å²) in [6, 6.07) is 0.290. The van der Waals surface area contributed by atoms with Gasteiger partial charge in [-0.1, -0.05) is 51.7 Å². The minimum Gasteiger partial charge on any atom is -0.324 e. The summed E-state index contributed by atoms with van der Waals surface area (Å²) in [5.41, 5.74) is 7.53. The molecule has 0 aliphatic rings. The van der Waals surface area contributed by atoms with Crippen molar-refractivity contribution in [3.63, 3.8) is 0 Å². The predicted octanol–water partition coefficient (Wildman–Crippen LogP) is 3.64. The van der Waals surface area contributed by atoms with E-state index in [0.717, 1.165) is 6.42 Å². The second-order valence-electron chi connectivity index (χ2n) is 3.78. The van der Waals surface area contributed by atoms with Crippen molar-refractivity contribution in [1.29, 1.82) is 0 Å². The summed E-state index contributed by atoms with van der Waals surface area (Å²) in [7, 11) is 0. The molecule has 0 aliphatic heterocycles. The molecule has 0 fully saturated rings. The highest BCUT2D eigenvalue weighted by atomic mass is 14.6. The fourth-order valence-corrected chi connectivity index (χ4v) is 1.65. The van der Waals surface area contributed by atoms with Crippen molar-refractivity contribution in [3.8, 4) is 0 Å². The lowest BCUT2D eigenvalue weighted by Crippen LogP contribution is -2.16. The third kappa shape index (κ3) is 6.83. The topological polar surface area (TPSA) is 26.0 Å². The van der Waals surface area contributed by atoms with Crippen LogP contribution in [0, 0.1) is 0 Å². The zero-order chi connectivity index (χ0) is 10.1. The Bertz CT molecular complexity index is 130. The summed E-state index contributed by atoms with van der Waals surface area (Å²) in [6.07, 6.45) is 9.53. The smallest absolute Gasteiger partial charge is 0.0226 e. The van der Waals surface area contributed by atoms with Gasteiger partial charge in [-0.05, 0) is 19.3 Å². The van der Waals surface area contributed by atoms with Gasteiger partial charge in [0.05, 0.1) is 0 Å².